The Labute approximate surface area is 98.8 Å². The van der Waals surface area contributed by atoms with Gasteiger partial charge in [-0.25, -0.2) is 0 Å². The van der Waals surface area contributed by atoms with Gasteiger partial charge in [0, 0.05) is 6.04 Å². The van der Waals surface area contributed by atoms with Crippen molar-refractivity contribution < 1.29 is 19.1 Å². The van der Waals surface area contributed by atoms with E-state index >= 15 is 0 Å². The summed E-state index contributed by atoms with van der Waals surface area (Å²) in [5.41, 5.74) is 0. The van der Waals surface area contributed by atoms with Crippen LogP contribution in [-0.2, 0) is 4.79 Å². The molecule has 0 saturated heterocycles. The maximum Gasteiger partial charge on any atom is 0.308 e. The fourth-order valence-electron chi connectivity index (χ4n) is 2.22. The summed E-state index contributed by atoms with van der Waals surface area (Å²) in [5.74, 6) is -0.760. The van der Waals surface area contributed by atoms with E-state index < -0.39 is 11.9 Å². The Hall–Kier alpha value is -1.78. The Morgan fingerprint density at radius 3 is 2.76 bits per heavy atom. The molecule has 1 aliphatic carbocycles. The van der Waals surface area contributed by atoms with Gasteiger partial charge in [-0.2, -0.15) is 0 Å². The Morgan fingerprint density at radius 1 is 1.41 bits per heavy atom. The van der Waals surface area contributed by atoms with E-state index in [2.05, 4.69) is 5.32 Å². The van der Waals surface area contributed by atoms with Crippen LogP contribution in [0, 0.1) is 12.8 Å². The first-order chi connectivity index (χ1) is 8.08. The van der Waals surface area contributed by atoms with Gasteiger partial charge in [0.05, 0.1) is 5.92 Å². The third-order valence-corrected chi connectivity index (χ3v) is 3.11. The fraction of sp³-hybridized carbons (Fsp3) is 0.500. The van der Waals surface area contributed by atoms with Gasteiger partial charge in [0.25, 0.3) is 5.91 Å². The average molecular weight is 237 g/mol. The molecule has 2 atom stereocenters. The Bertz CT molecular complexity index is 437. The highest BCUT2D eigenvalue weighted by molar-refractivity contribution is 5.92. The maximum absolute atomic E-state index is 11.8. The van der Waals surface area contributed by atoms with Crippen LogP contribution in [-0.4, -0.2) is 23.0 Å². The smallest absolute Gasteiger partial charge is 0.308 e. The van der Waals surface area contributed by atoms with Crippen LogP contribution in [0.4, 0.5) is 0 Å². The molecule has 0 bridgehead atoms. The summed E-state index contributed by atoms with van der Waals surface area (Å²) in [6.45, 7) is 1.76. The second kappa shape index (κ2) is 4.61. The highest BCUT2D eigenvalue weighted by Crippen LogP contribution is 2.26. The van der Waals surface area contributed by atoms with E-state index in [-0.39, 0.29) is 17.7 Å². The van der Waals surface area contributed by atoms with E-state index in [0.717, 1.165) is 6.42 Å². The first-order valence-corrected chi connectivity index (χ1v) is 5.68. The van der Waals surface area contributed by atoms with Crippen molar-refractivity contribution in [3.05, 3.63) is 23.7 Å². The van der Waals surface area contributed by atoms with Gasteiger partial charge in [-0.05, 0) is 31.9 Å². The topological polar surface area (TPSA) is 79.5 Å². The highest BCUT2D eigenvalue weighted by atomic mass is 16.4. The molecule has 1 saturated carbocycles. The second-order valence-corrected chi connectivity index (χ2v) is 4.37. The molecule has 0 aromatic carbocycles. The van der Waals surface area contributed by atoms with Gasteiger partial charge < -0.3 is 14.8 Å². The van der Waals surface area contributed by atoms with Crippen molar-refractivity contribution >= 4 is 11.9 Å². The summed E-state index contributed by atoms with van der Waals surface area (Å²) in [6.07, 6.45) is 2.17. The molecule has 1 heterocycles. The van der Waals surface area contributed by atoms with Gasteiger partial charge in [0.1, 0.15) is 5.76 Å². The van der Waals surface area contributed by atoms with E-state index in [1.165, 1.54) is 0 Å². The molecule has 0 aliphatic heterocycles. The summed E-state index contributed by atoms with van der Waals surface area (Å²) in [6, 6.07) is 3.01. The van der Waals surface area contributed by atoms with Gasteiger partial charge >= 0.3 is 5.97 Å². The van der Waals surface area contributed by atoms with Crippen molar-refractivity contribution in [1.29, 1.82) is 0 Å². The molecule has 2 N–H and O–H groups in total. The molecule has 5 heteroatoms. The predicted octanol–water partition coefficient (Wildman–Crippen LogP) is 1.57. The standard InChI is InChI=1S/C12H15NO4/c1-7-5-6-10(17-7)11(14)13-9-4-2-3-8(9)12(15)16/h5-6,8-9H,2-4H2,1H3,(H,13,14)(H,15,16)/t8-,9+/m0/s1. The van der Waals surface area contributed by atoms with Crippen LogP contribution >= 0.6 is 0 Å². The molecule has 0 spiro atoms. The van der Waals surface area contributed by atoms with E-state index in [1.807, 2.05) is 0 Å². The number of carbonyl (C=O) groups is 2. The Balaban J connectivity index is 2.01. The predicted molar refractivity (Wildman–Crippen MR) is 59.7 cm³/mol. The number of aliphatic carboxylic acids is 1. The number of aryl methyl sites for hydroxylation is 1. The van der Waals surface area contributed by atoms with Crippen LogP contribution in [0.2, 0.25) is 0 Å². The summed E-state index contributed by atoms with van der Waals surface area (Å²) >= 11 is 0. The van der Waals surface area contributed by atoms with Crippen LogP contribution in [0.15, 0.2) is 16.5 Å². The number of hydrogen-bond acceptors (Lipinski definition) is 3. The lowest BCUT2D eigenvalue weighted by Gasteiger charge is -2.16. The highest BCUT2D eigenvalue weighted by Gasteiger charge is 2.34. The number of nitrogens with one attached hydrogen (secondary N) is 1. The molecule has 1 amide bonds. The molecule has 92 valence electrons. The van der Waals surface area contributed by atoms with E-state index in [1.54, 1.807) is 19.1 Å². The molecule has 1 aromatic heterocycles. The zero-order valence-electron chi connectivity index (χ0n) is 9.60. The zero-order chi connectivity index (χ0) is 12.4. The van der Waals surface area contributed by atoms with Gasteiger partial charge in [0.2, 0.25) is 0 Å². The lowest BCUT2D eigenvalue weighted by atomic mass is 10.0. The van der Waals surface area contributed by atoms with Gasteiger partial charge in [-0.15, -0.1) is 0 Å². The van der Waals surface area contributed by atoms with Crippen molar-refractivity contribution in [3.63, 3.8) is 0 Å². The molecule has 1 aliphatic rings. The Morgan fingerprint density at radius 2 is 2.18 bits per heavy atom. The lowest BCUT2D eigenvalue weighted by molar-refractivity contribution is -0.142. The molecule has 2 rings (SSSR count). The number of amides is 1. The fourth-order valence-corrected chi connectivity index (χ4v) is 2.22. The van der Waals surface area contributed by atoms with Crippen LogP contribution in [0.3, 0.4) is 0 Å². The number of carbonyl (C=O) groups excluding carboxylic acids is 1. The monoisotopic (exact) mass is 237 g/mol. The minimum atomic E-state index is -0.844. The SMILES string of the molecule is Cc1ccc(C(=O)N[C@@H]2CCC[C@@H]2C(=O)O)o1. The van der Waals surface area contributed by atoms with Crippen LogP contribution in [0.25, 0.3) is 0 Å². The largest absolute Gasteiger partial charge is 0.481 e. The van der Waals surface area contributed by atoms with Crippen molar-refractivity contribution in [2.75, 3.05) is 0 Å². The number of carboxylic acids is 1. The molecule has 5 nitrogen and oxygen atoms in total. The van der Waals surface area contributed by atoms with Crippen LogP contribution in [0.1, 0.15) is 35.6 Å². The van der Waals surface area contributed by atoms with Crippen molar-refractivity contribution in [2.45, 2.75) is 32.2 Å². The van der Waals surface area contributed by atoms with Crippen LogP contribution in [0.5, 0.6) is 0 Å². The maximum atomic E-state index is 11.8. The number of hydrogen-bond donors (Lipinski definition) is 2. The average Bonchev–Trinajstić information content (AvgIpc) is 2.86. The molecule has 0 unspecified atom stereocenters. The van der Waals surface area contributed by atoms with Gasteiger partial charge in [-0.1, -0.05) is 6.42 Å². The second-order valence-electron chi connectivity index (χ2n) is 4.37. The van der Waals surface area contributed by atoms with E-state index in [9.17, 15) is 9.59 Å². The molecular formula is C12H15NO4. The zero-order valence-corrected chi connectivity index (χ0v) is 9.60. The molecule has 1 aromatic rings. The lowest BCUT2D eigenvalue weighted by Crippen LogP contribution is -2.40. The summed E-state index contributed by atoms with van der Waals surface area (Å²) < 4.78 is 5.19. The molecular weight excluding hydrogens is 222 g/mol. The summed E-state index contributed by atoms with van der Waals surface area (Å²) in [5, 5.41) is 11.7. The van der Waals surface area contributed by atoms with Crippen molar-refractivity contribution in [2.24, 2.45) is 5.92 Å². The number of rotatable bonds is 3. The van der Waals surface area contributed by atoms with Crippen LogP contribution < -0.4 is 5.32 Å². The third-order valence-electron chi connectivity index (χ3n) is 3.11. The molecule has 0 radical (unpaired) electrons. The molecule has 1 fully saturated rings. The molecule has 17 heavy (non-hydrogen) atoms. The summed E-state index contributed by atoms with van der Waals surface area (Å²) in [7, 11) is 0. The third kappa shape index (κ3) is 2.49. The first-order valence-electron chi connectivity index (χ1n) is 5.68. The van der Waals surface area contributed by atoms with Crippen molar-refractivity contribution in [1.82, 2.24) is 5.32 Å². The number of carboxylic acid groups (broad SMARTS) is 1. The van der Waals surface area contributed by atoms with E-state index in [4.69, 9.17) is 9.52 Å². The van der Waals surface area contributed by atoms with Gasteiger partial charge in [0.15, 0.2) is 5.76 Å². The van der Waals surface area contributed by atoms with Crippen molar-refractivity contribution in [3.8, 4) is 0 Å². The minimum absolute atomic E-state index is 0.235. The first kappa shape index (κ1) is 11.7. The number of furan rings is 1. The minimum Gasteiger partial charge on any atom is -0.481 e. The van der Waals surface area contributed by atoms with Gasteiger partial charge in [-0.3, -0.25) is 9.59 Å². The normalized spacial score (nSPS) is 23.6. The van der Waals surface area contributed by atoms with E-state index in [0.29, 0.717) is 18.6 Å². The summed E-state index contributed by atoms with van der Waals surface area (Å²) in [4.78, 5) is 22.7. The quantitative estimate of drug-likeness (QED) is 0.836. The Kier molecular flexibility index (Phi) is 3.17.